The lowest BCUT2D eigenvalue weighted by atomic mass is 10.0. The number of rotatable bonds is 2. The molecule has 72 valence electrons. The monoisotopic (exact) mass is 188 g/mol. The maximum Gasteiger partial charge on any atom is 0.108 e. The Labute approximate surface area is 82.8 Å². The lowest BCUT2D eigenvalue weighted by Crippen LogP contribution is -1.85. The molecule has 1 heterocycles. The summed E-state index contributed by atoms with van der Waals surface area (Å²) in [6.45, 7) is 1.92. The molecule has 0 amide bonds. The summed E-state index contributed by atoms with van der Waals surface area (Å²) in [5, 5.41) is 9.13. The fourth-order valence-electron chi connectivity index (χ4n) is 1.61. The Hall–Kier alpha value is -1.54. The lowest BCUT2D eigenvalue weighted by Gasteiger charge is -2.01. The van der Waals surface area contributed by atoms with Gasteiger partial charge >= 0.3 is 0 Å². The first kappa shape index (κ1) is 9.03. The third-order valence-electron chi connectivity index (χ3n) is 2.28. The lowest BCUT2D eigenvalue weighted by molar-refractivity contribution is 0.281. The quantitative estimate of drug-likeness (QED) is 0.786. The molecular weight excluding hydrogens is 176 g/mol. The van der Waals surface area contributed by atoms with Gasteiger partial charge in [-0.15, -0.1) is 0 Å². The summed E-state index contributed by atoms with van der Waals surface area (Å²) in [6, 6.07) is 9.94. The predicted molar refractivity (Wildman–Crippen MR) is 54.8 cm³/mol. The van der Waals surface area contributed by atoms with Crippen LogP contribution < -0.4 is 0 Å². The zero-order valence-electron chi connectivity index (χ0n) is 8.03. The Kier molecular flexibility index (Phi) is 2.37. The van der Waals surface area contributed by atoms with Crippen LogP contribution in [0, 0.1) is 6.92 Å². The van der Waals surface area contributed by atoms with Gasteiger partial charge in [0.2, 0.25) is 0 Å². The zero-order valence-corrected chi connectivity index (χ0v) is 8.03. The van der Waals surface area contributed by atoms with Crippen LogP contribution in [0.15, 0.2) is 41.0 Å². The molecule has 0 fully saturated rings. The molecule has 0 spiro atoms. The van der Waals surface area contributed by atoms with Crippen molar-refractivity contribution in [3.8, 4) is 11.1 Å². The van der Waals surface area contributed by atoms with Gasteiger partial charge in [-0.1, -0.05) is 30.3 Å². The van der Waals surface area contributed by atoms with Crippen molar-refractivity contribution >= 4 is 0 Å². The van der Waals surface area contributed by atoms with Crippen molar-refractivity contribution in [2.75, 3.05) is 0 Å². The van der Waals surface area contributed by atoms with Crippen LogP contribution in [-0.4, -0.2) is 5.11 Å². The van der Waals surface area contributed by atoms with Crippen LogP contribution >= 0.6 is 0 Å². The topological polar surface area (TPSA) is 33.4 Å². The number of hydrogen-bond donors (Lipinski definition) is 1. The highest BCUT2D eigenvalue weighted by Crippen LogP contribution is 2.28. The highest BCUT2D eigenvalue weighted by molar-refractivity contribution is 5.68. The largest absolute Gasteiger partial charge is 0.469 e. The van der Waals surface area contributed by atoms with E-state index in [1.807, 2.05) is 37.3 Å². The molecular formula is C12H12O2. The molecule has 0 unspecified atom stereocenters. The smallest absolute Gasteiger partial charge is 0.108 e. The van der Waals surface area contributed by atoms with E-state index in [0.29, 0.717) is 0 Å². The Morgan fingerprint density at radius 3 is 2.57 bits per heavy atom. The van der Waals surface area contributed by atoms with E-state index in [0.717, 1.165) is 22.5 Å². The summed E-state index contributed by atoms with van der Waals surface area (Å²) >= 11 is 0. The average molecular weight is 188 g/mol. The summed E-state index contributed by atoms with van der Waals surface area (Å²) in [5.41, 5.74) is 2.93. The van der Waals surface area contributed by atoms with E-state index in [2.05, 4.69) is 0 Å². The van der Waals surface area contributed by atoms with E-state index in [-0.39, 0.29) is 6.61 Å². The molecule has 2 rings (SSSR count). The highest BCUT2D eigenvalue weighted by atomic mass is 16.3. The standard InChI is InChI=1S/C12H12O2/c1-9-12(11(7-13)8-14-9)10-5-3-2-4-6-10/h2-6,8,13H,7H2,1H3. The minimum Gasteiger partial charge on any atom is -0.469 e. The van der Waals surface area contributed by atoms with Crippen molar-refractivity contribution in [2.24, 2.45) is 0 Å². The van der Waals surface area contributed by atoms with Crippen LogP contribution in [-0.2, 0) is 6.61 Å². The molecule has 1 N–H and O–H groups in total. The molecule has 2 aromatic rings. The second kappa shape index (κ2) is 3.68. The molecule has 0 atom stereocenters. The van der Waals surface area contributed by atoms with Gasteiger partial charge in [0.1, 0.15) is 5.76 Å². The molecule has 0 radical (unpaired) electrons. The van der Waals surface area contributed by atoms with Crippen molar-refractivity contribution in [1.82, 2.24) is 0 Å². The van der Waals surface area contributed by atoms with Crippen LogP contribution in [0.25, 0.3) is 11.1 Å². The van der Waals surface area contributed by atoms with E-state index >= 15 is 0 Å². The summed E-state index contributed by atoms with van der Waals surface area (Å²) in [5.74, 6) is 0.847. The van der Waals surface area contributed by atoms with Gasteiger partial charge < -0.3 is 9.52 Å². The molecule has 0 aliphatic carbocycles. The Bertz CT molecular complexity index is 415. The number of aliphatic hydroxyl groups is 1. The Balaban J connectivity index is 2.55. The molecule has 1 aromatic carbocycles. The Morgan fingerprint density at radius 2 is 1.93 bits per heavy atom. The summed E-state index contributed by atoms with van der Waals surface area (Å²) in [6.07, 6.45) is 1.61. The average Bonchev–Trinajstić information content (AvgIpc) is 2.61. The van der Waals surface area contributed by atoms with E-state index in [1.165, 1.54) is 0 Å². The van der Waals surface area contributed by atoms with E-state index in [1.54, 1.807) is 6.26 Å². The number of furan rings is 1. The zero-order chi connectivity index (χ0) is 9.97. The molecule has 1 aromatic heterocycles. The number of aryl methyl sites for hydroxylation is 1. The maximum atomic E-state index is 9.13. The van der Waals surface area contributed by atoms with Gasteiger partial charge in [0, 0.05) is 11.1 Å². The van der Waals surface area contributed by atoms with Gasteiger partial charge in [0.25, 0.3) is 0 Å². The first-order valence-electron chi connectivity index (χ1n) is 4.56. The van der Waals surface area contributed by atoms with Gasteiger partial charge in [0.05, 0.1) is 12.9 Å². The normalized spacial score (nSPS) is 10.4. The molecule has 2 heteroatoms. The molecule has 14 heavy (non-hydrogen) atoms. The molecule has 0 aliphatic heterocycles. The summed E-state index contributed by atoms with van der Waals surface area (Å²) in [7, 11) is 0. The van der Waals surface area contributed by atoms with Gasteiger partial charge in [-0.05, 0) is 12.5 Å². The highest BCUT2D eigenvalue weighted by Gasteiger charge is 2.10. The van der Waals surface area contributed by atoms with Gasteiger partial charge in [-0.25, -0.2) is 0 Å². The van der Waals surface area contributed by atoms with E-state index in [9.17, 15) is 0 Å². The van der Waals surface area contributed by atoms with Crippen LogP contribution in [0.4, 0.5) is 0 Å². The fraction of sp³-hybridized carbons (Fsp3) is 0.167. The van der Waals surface area contributed by atoms with Gasteiger partial charge in [0.15, 0.2) is 0 Å². The second-order valence-electron chi connectivity index (χ2n) is 3.22. The van der Waals surface area contributed by atoms with Crippen LogP contribution in [0.3, 0.4) is 0 Å². The SMILES string of the molecule is Cc1occ(CO)c1-c1ccccc1. The van der Waals surface area contributed by atoms with Crippen molar-refractivity contribution in [3.63, 3.8) is 0 Å². The van der Waals surface area contributed by atoms with Crippen molar-refractivity contribution in [2.45, 2.75) is 13.5 Å². The van der Waals surface area contributed by atoms with Gasteiger partial charge in [-0.2, -0.15) is 0 Å². The number of benzene rings is 1. The molecule has 0 bridgehead atoms. The summed E-state index contributed by atoms with van der Waals surface area (Å²) in [4.78, 5) is 0. The number of hydrogen-bond acceptors (Lipinski definition) is 2. The van der Waals surface area contributed by atoms with Crippen molar-refractivity contribution < 1.29 is 9.52 Å². The Morgan fingerprint density at radius 1 is 1.21 bits per heavy atom. The predicted octanol–water partition coefficient (Wildman–Crippen LogP) is 2.75. The molecule has 0 aliphatic rings. The molecule has 0 saturated heterocycles. The van der Waals surface area contributed by atoms with Crippen molar-refractivity contribution in [1.29, 1.82) is 0 Å². The fourth-order valence-corrected chi connectivity index (χ4v) is 1.61. The van der Waals surface area contributed by atoms with E-state index < -0.39 is 0 Å². The minimum atomic E-state index is 0.0154. The number of aliphatic hydroxyl groups excluding tert-OH is 1. The maximum absolute atomic E-state index is 9.13. The summed E-state index contributed by atoms with van der Waals surface area (Å²) < 4.78 is 5.28. The third-order valence-corrected chi connectivity index (χ3v) is 2.28. The van der Waals surface area contributed by atoms with Crippen molar-refractivity contribution in [3.05, 3.63) is 47.9 Å². The first-order chi connectivity index (χ1) is 6.83. The first-order valence-corrected chi connectivity index (χ1v) is 4.56. The minimum absolute atomic E-state index is 0.0154. The third kappa shape index (κ3) is 1.44. The van der Waals surface area contributed by atoms with E-state index in [4.69, 9.17) is 9.52 Å². The van der Waals surface area contributed by atoms with Crippen LogP contribution in [0.1, 0.15) is 11.3 Å². The second-order valence-corrected chi connectivity index (χ2v) is 3.22. The molecule has 0 saturated carbocycles. The van der Waals surface area contributed by atoms with Gasteiger partial charge in [-0.3, -0.25) is 0 Å². The molecule has 2 nitrogen and oxygen atoms in total. The van der Waals surface area contributed by atoms with Crippen LogP contribution in [0.2, 0.25) is 0 Å². The van der Waals surface area contributed by atoms with Crippen LogP contribution in [0.5, 0.6) is 0 Å².